The van der Waals surface area contributed by atoms with Crippen LogP contribution in [0.25, 0.3) is 0 Å². The maximum Gasteiger partial charge on any atom is 0.407 e. The number of benzene rings is 2. The summed E-state index contributed by atoms with van der Waals surface area (Å²) in [5.74, 6) is -1.34. The van der Waals surface area contributed by atoms with Gasteiger partial charge in [-0.2, -0.15) is 0 Å². The Bertz CT molecular complexity index is 1510. The van der Waals surface area contributed by atoms with E-state index in [1.54, 1.807) is 26.2 Å². The smallest absolute Gasteiger partial charge is 0.407 e. The summed E-state index contributed by atoms with van der Waals surface area (Å²) in [6.07, 6.45) is 1.54. The van der Waals surface area contributed by atoms with Crippen molar-refractivity contribution in [1.82, 2.24) is 16.0 Å². The molecule has 13 nitrogen and oxygen atoms in total. The molecule has 4 rings (SSSR count). The lowest BCUT2D eigenvalue weighted by Crippen LogP contribution is -2.54. The van der Waals surface area contributed by atoms with E-state index in [1.807, 2.05) is 38.1 Å². The zero-order valence-corrected chi connectivity index (χ0v) is 31.9. The number of alkyl carbamates (subject to hydrolysis) is 2. The zero-order chi connectivity index (χ0) is 38.9. The fraction of sp³-hybridized carbons (Fsp3) is 0.600. The predicted molar refractivity (Wildman–Crippen MR) is 197 cm³/mol. The van der Waals surface area contributed by atoms with Crippen molar-refractivity contribution in [1.29, 1.82) is 0 Å². The van der Waals surface area contributed by atoms with Gasteiger partial charge in [0.25, 0.3) is 0 Å². The highest BCUT2D eigenvalue weighted by atomic mass is 19.1. The maximum absolute atomic E-state index is 13.3. The van der Waals surface area contributed by atoms with Crippen LogP contribution in [0.1, 0.15) is 83.3 Å². The lowest BCUT2D eigenvalue weighted by atomic mass is 9.90. The van der Waals surface area contributed by atoms with Crippen LogP contribution in [-0.2, 0) is 46.1 Å². The molecule has 2 heterocycles. The lowest BCUT2D eigenvalue weighted by Gasteiger charge is -2.47. The van der Waals surface area contributed by atoms with Crippen molar-refractivity contribution >= 4 is 24.1 Å². The predicted octanol–water partition coefficient (Wildman–Crippen LogP) is 5.76. The lowest BCUT2D eigenvalue weighted by molar-refractivity contribution is -0.329. The van der Waals surface area contributed by atoms with E-state index in [1.165, 1.54) is 12.1 Å². The number of rotatable bonds is 18. The molecule has 2 aromatic carbocycles. The van der Waals surface area contributed by atoms with Gasteiger partial charge >= 0.3 is 18.2 Å². The van der Waals surface area contributed by atoms with Gasteiger partial charge in [-0.05, 0) is 80.7 Å². The molecule has 14 heteroatoms. The molecule has 298 valence electrons. The Balaban J connectivity index is 1.34. The van der Waals surface area contributed by atoms with Crippen molar-refractivity contribution in [2.75, 3.05) is 33.4 Å². The van der Waals surface area contributed by atoms with Gasteiger partial charge < -0.3 is 44.4 Å². The molecule has 0 aromatic heterocycles. The first-order chi connectivity index (χ1) is 26.0. The van der Waals surface area contributed by atoms with Gasteiger partial charge in [0, 0.05) is 38.8 Å². The molecule has 0 bridgehead atoms. The highest BCUT2D eigenvalue weighted by molar-refractivity contribution is 5.84. The molecule has 54 heavy (non-hydrogen) atoms. The highest BCUT2D eigenvalue weighted by Gasteiger charge is 2.47. The van der Waals surface area contributed by atoms with Crippen LogP contribution in [0.15, 0.2) is 48.5 Å². The summed E-state index contributed by atoms with van der Waals surface area (Å²) in [7, 11) is 1.60. The van der Waals surface area contributed by atoms with Crippen molar-refractivity contribution in [2.45, 2.75) is 115 Å². The number of methoxy groups -OCH3 is 1. The Morgan fingerprint density at radius 3 is 2.41 bits per heavy atom. The molecule has 0 saturated carbocycles. The summed E-state index contributed by atoms with van der Waals surface area (Å²) in [6.45, 7) is 6.50. The first-order valence-corrected chi connectivity index (χ1v) is 19.0. The molecule has 2 aliphatic heterocycles. The molecule has 5 atom stereocenters. The van der Waals surface area contributed by atoms with E-state index in [0.717, 1.165) is 16.9 Å². The van der Waals surface area contributed by atoms with Gasteiger partial charge in [0.05, 0.1) is 25.9 Å². The van der Waals surface area contributed by atoms with Crippen molar-refractivity contribution in [3.05, 3.63) is 65.5 Å². The number of carbonyl (C=O) groups excluding carboxylic acids is 4. The first kappa shape index (κ1) is 42.3. The molecule has 3 amide bonds. The Morgan fingerprint density at radius 2 is 1.67 bits per heavy atom. The van der Waals surface area contributed by atoms with Crippen LogP contribution in [0.3, 0.4) is 0 Å². The zero-order valence-electron chi connectivity index (χ0n) is 31.9. The minimum absolute atomic E-state index is 0.000825. The molecule has 3 N–H and O–H groups in total. The van der Waals surface area contributed by atoms with Gasteiger partial charge in [-0.15, -0.1) is 0 Å². The number of esters is 1. The average molecular weight is 758 g/mol. The highest BCUT2D eigenvalue weighted by Crippen LogP contribution is 2.41. The largest absolute Gasteiger partial charge is 0.496 e. The van der Waals surface area contributed by atoms with Gasteiger partial charge in [0.2, 0.25) is 5.91 Å². The monoisotopic (exact) mass is 757 g/mol. The summed E-state index contributed by atoms with van der Waals surface area (Å²) in [5, 5.41) is 8.35. The van der Waals surface area contributed by atoms with Gasteiger partial charge in [-0.25, -0.2) is 18.8 Å². The van der Waals surface area contributed by atoms with Gasteiger partial charge in [-0.1, -0.05) is 44.2 Å². The Kier molecular flexibility index (Phi) is 16.8. The van der Waals surface area contributed by atoms with E-state index in [-0.39, 0.29) is 56.7 Å². The first-order valence-electron chi connectivity index (χ1n) is 19.0. The topological polar surface area (TPSA) is 160 Å². The van der Waals surface area contributed by atoms with Crippen molar-refractivity contribution in [3.8, 4) is 5.75 Å². The van der Waals surface area contributed by atoms with E-state index < -0.39 is 48.3 Å². The van der Waals surface area contributed by atoms with Crippen LogP contribution >= 0.6 is 0 Å². The second kappa shape index (κ2) is 21.5. The van der Waals surface area contributed by atoms with Gasteiger partial charge in [-0.3, -0.25) is 4.79 Å². The molecule has 0 radical (unpaired) electrons. The number of ether oxygens (including phenoxy) is 6. The van der Waals surface area contributed by atoms with Gasteiger partial charge in [0.15, 0.2) is 5.79 Å². The quantitative estimate of drug-likeness (QED) is 0.126. The SMILES string of the molecule is CCOC(=O)[C@H](CC(C)C)NC(=O)CCC1CC(OC(=O)NCCc2ccc(F)cc2)CC2(CCCC(COC(=O)NCCc3ccccc3OC)O2)O1. The van der Waals surface area contributed by atoms with Crippen LogP contribution in [0.4, 0.5) is 14.0 Å². The maximum atomic E-state index is 13.3. The molecule has 4 unspecified atom stereocenters. The van der Waals surface area contributed by atoms with Crippen LogP contribution in [0.2, 0.25) is 0 Å². The van der Waals surface area contributed by atoms with Crippen LogP contribution < -0.4 is 20.7 Å². The fourth-order valence-corrected chi connectivity index (χ4v) is 6.83. The number of amides is 3. The molecule has 2 aromatic rings. The molecule has 1 spiro atoms. The molecule has 0 aliphatic carbocycles. The number of carbonyl (C=O) groups is 4. The van der Waals surface area contributed by atoms with E-state index in [2.05, 4.69) is 16.0 Å². The minimum atomic E-state index is -1.13. The van der Waals surface area contributed by atoms with Crippen molar-refractivity contribution in [2.24, 2.45) is 5.92 Å². The minimum Gasteiger partial charge on any atom is -0.496 e. The average Bonchev–Trinajstić information content (AvgIpc) is 3.13. The summed E-state index contributed by atoms with van der Waals surface area (Å²) in [4.78, 5) is 51.1. The third-order valence-electron chi connectivity index (χ3n) is 9.34. The normalized spacial score (nSPS) is 21.5. The van der Waals surface area contributed by atoms with Crippen LogP contribution in [0, 0.1) is 11.7 Å². The summed E-state index contributed by atoms with van der Waals surface area (Å²) in [5.41, 5.74) is 1.83. The van der Waals surface area contributed by atoms with E-state index in [4.69, 9.17) is 28.4 Å². The molecule has 2 fully saturated rings. The molecule has 2 saturated heterocycles. The summed E-state index contributed by atoms with van der Waals surface area (Å²) >= 11 is 0. The second-order valence-corrected chi connectivity index (χ2v) is 14.2. The number of para-hydroxylation sites is 1. The third-order valence-corrected chi connectivity index (χ3v) is 9.34. The van der Waals surface area contributed by atoms with Crippen molar-refractivity contribution in [3.63, 3.8) is 0 Å². The number of halogens is 1. The van der Waals surface area contributed by atoms with E-state index in [9.17, 15) is 23.6 Å². The Labute approximate surface area is 317 Å². The van der Waals surface area contributed by atoms with Gasteiger partial charge in [0.1, 0.15) is 30.3 Å². The van der Waals surface area contributed by atoms with E-state index >= 15 is 0 Å². The molecular weight excluding hydrogens is 701 g/mol. The molecular formula is C40H56FN3O10. The summed E-state index contributed by atoms with van der Waals surface area (Å²) in [6, 6.07) is 12.9. The number of hydrogen-bond donors (Lipinski definition) is 3. The van der Waals surface area contributed by atoms with E-state index in [0.29, 0.717) is 51.5 Å². The standard InChI is InChI=1S/C40H56FN3O10/c1-5-50-37(46)34(23-27(2)3)44-36(45)17-16-31-24-33(52-39(48)43-21-18-28-12-14-30(41)15-13-28)25-40(53-31)20-8-10-32(54-40)26-51-38(47)42-22-19-29-9-6-7-11-35(29)49-4/h6-7,9,11-15,27,31-34H,5,8,10,16-26H2,1-4H3,(H,42,47)(H,43,48)(H,44,45)/t31?,32?,33?,34-,40?/m0/s1. The van der Waals surface area contributed by atoms with Crippen LogP contribution in [-0.4, -0.2) is 87.6 Å². The Hall–Kier alpha value is -4.43. The number of nitrogens with one attached hydrogen (secondary N) is 3. The molecule has 2 aliphatic rings. The second-order valence-electron chi connectivity index (χ2n) is 14.2. The summed E-state index contributed by atoms with van der Waals surface area (Å²) < 4.78 is 48.3. The van der Waals surface area contributed by atoms with Crippen LogP contribution in [0.5, 0.6) is 5.75 Å². The van der Waals surface area contributed by atoms with Crippen molar-refractivity contribution < 1.29 is 52.0 Å². The Morgan fingerprint density at radius 1 is 0.944 bits per heavy atom. The third kappa shape index (κ3) is 14.1. The fourth-order valence-electron chi connectivity index (χ4n) is 6.83. The number of hydrogen-bond acceptors (Lipinski definition) is 10.